The molecule has 1 amide bonds. The van der Waals surface area contributed by atoms with E-state index in [9.17, 15) is 9.59 Å². The Bertz CT molecular complexity index is 593. The average molecular weight is 342 g/mol. The molecule has 0 radical (unpaired) electrons. The number of carbonyl (C=O) groups is 2. The van der Waals surface area contributed by atoms with E-state index in [2.05, 4.69) is 0 Å². The first kappa shape index (κ1) is 16.8. The van der Waals surface area contributed by atoms with Crippen LogP contribution in [-0.4, -0.2) is 37.0 Å². The van der Waals surface area contributed by atoms with Crippen LogP contribution in [0.4, 0.5) is 0 Å². The van der Waals surface area contributed by atoms with Crippen LogP contribution in [0.3, 0.4) is 0 Å². The third kappa shape index (κ3) is 4.02. The smallest absolute Gasteiger partial charge is 0.308 e. The van der Waals surface area contributed by atoms with Gasteiger partial charge in [0, 0.05) is 19.2 Å². The fourth-order valence-electron chi connectivity index (χ4n) is 2.42. The van der Waals surface area contributed by atoms with Gasteiger partial charge in [-0.25, -0.2) is 0 Å². The van der Waals surface area contributed by atoms with E-state index in [4.69, 9.17) is 27.9 Å². The van der Waals surface area contributed by atoms with Crippen LogP contribution in [0.25, 0.3) is 6.08 Å². The van der Waals surface area contributed by atoms with E-state index in [1.807, 2.05) is 0 Å². The van der Waals surface area contributed by atoms with Crippen LogP contribution in [0, 0.1) is 5.92 Å². The molecule has 0 atom stereocenters. The summed E-state index contributed by atoms with van der Waals surface area (Å²) in [5.41, 5.74) is 0.701. The van der Waals surface area contributed by atoms with E-state index >= 15 is 0 Å². The lowest BCUT2D eigenvalue weighted by Crippen LogP contribution is -2.39. The normalized spacial score (nSPS) is 16.0. The Morgan fingerprint density at radius 2 is 1.95 bits per heavy atom. The van der Waals surface area contributed by atoms with Gasteiger partial charge in [0.05, 0.1) is 23.1 Å². The van der Waals surface area contributed by atoms with Gasteiger partial charge in [-0.1, -0.05) is 35.3 Å². The first-order valence-electron chi connectivity index (χ1n) is 7.01. The lowest BCUT2D eigenvalue weighted by atomic mass is 9.97. The van der Waals surface area contributed by atoms with Gasteiger partial charge in [0.25, 0.3) is 0 Å². The molecule has 1 aromatic rings. The largest absolute Gasteiger partial charge is 0.469 e. The minimum absolute atomic E-state index is 0.0978. The lowest BCUT2D eigenvalue weighted by molar-refractivity contribution is -0.148. The molecule has 0 bridgehead atoms. The number of methoxy groups -OCH3 is 1. The summed E-state index contributed by atoms with van der Waals surface area (Å²) in [6, 6.07) is 5.27. The Balaban J connectivity index is 1.95. The molecule has 0 aliphatic carbocycles. The second-order valence-corrected chi connectivity index (χ2v) is 5.88. The molecule has 1 aliphatic rings. The first-order chi connectivity index (χ1) is 10.5. The number of esters is 1. The average Bonchev–Trinajstić information content (AvgIpc) is 2.55. The lowest BCUT2D eigenvalue weighted by Gasteiger charge is -2.29. The number of rotatable bonds is 3. The topological polar surface area (TPSA) is 46.6 Å². The van der Waals surface area contributed by atoms with Gasteiger partial charge in [-0.2, -0.15) is 0 Å². The quantitative estimate of drug-likeness (QED) is 0.625. The van der Waals surface area contributed by atoms with Gasteiger partial charge in [0.1, 0.15) is 0 Å². The third-order valence-electron chi connectivity index (χ3n) is 3.73. The van der Waals surface area contributed by atoms with E-state index in [0.717, 1.165) is 0 Å². The van der Waals surface area contributed by atoms with Crippen molar-refractivity contribution in [2.45, 2.75) is 12.8 Å². The van der Waals surface area contributed by atoms with Crippen molar-refractivity contribution in [2.75, 3.05) is 20.2 Å². The molecule has 0 spiro atoms. The molecule has 1 saturated heterocycles. The van der Waals surface area contributed by atoms with E-state index in [1.54, 1.807) is 29.2 Å². The molecule has 0 unspecified atom stereocenters. The van der Waals surface area contributed by atoms with Crippen LogP contribution in [-0.2, 0) is 14.3 Å². The summed E-state index contributed by atoms with van der Waals surface area (Å²) >= 11 is 12.0. The predicted octanol–water partition coefficient (Wildman–Crippen LogP) is 3.42. The van der Waals surface area contributed by atoms with E-state index in [1.165, 1.54) is 13.2 Å². The fourth-order valence-corrected chi connectivity index (χ4v) is 2.79. The summed E-state index contributed by atoms with van der Waals surface area (Å²) in [6.07, 6.45) is 4.40. The number of benzene rings is 1. The van der Waals surface area contributed by atoms with Crippen molar-refractivity contribution >= 4 is 41.2 Å². The highest BCUT2D eigenvalue weighted by Gasteiger charge is 2.26. The van der Waals surface area contributed by atoms with Crippen molar-refractivity contribution in [3.8, 4) is 0 Å². The highest BCUT2D eigenvalue weighted by molar-refractivity contribution is 6.42. The maximum Gasteiger partial charge on any atom is 0.308 e. The van der Waals surface area contributed by atoms with Crippen LogP contribution in [0.15, 0.2) is 24.3 Å². The van der Waals surface area contributed by atoms with Gasteiger partial charge >= 0.3 is 5.97 Å². The summed E-state index contributed by atoms with van der Waals surface area (Å²) in [7, 11) is 1.39. The molecule has 0 N–H and O–H groups in total. The van der Waals surface area contributed by atoms with E-state index < -0.39 is 0 Å². The number of carbonyl (C=O) groups excluding carboxylic acids is 2. The monoisotopic (exact) mass is 341 g/mol. The number of amides is 1. The minimum Gasteiger partial charge on any atom is -0.469 e. The Morgan fingerprint density at radius 1 is 1.27 bits per heavy atom. The molecule has 118 valence electrons. The Labute approximate surface area is 139 Å². The van der Waals surface area contributed by atoms with Crippen LogP contribution >= 0.6 is 23.2 Å². The van der Waals surface area contributed by atoms with Crippen LogP contribution in [0.2, 0.25) is 10.0 Å². The molecule has 2 rings (SSSR count). The standard InChI is InChI=1S/C16H17Cl2NO3/c1-22-16(21)12-7-9-19(10-8-12)14(20)6-5-11-3-2-4-13(17)15(11)18/h2-6,12H,7-10H2,1H3/b6-5-. The van der Waals surface area contributed by atoms with Gasteiger partial charge < -0.3 is 9.64 Å². The summed E-state index contributed by atoms with van der Waals surface area (Å²) in [6.45, 7) is 1.10. The number of ether oxygens (including phenoxy) is 1. The molecule has 1 fully saturated rings. The number of likely N-dealkylation sites (tertiary alicyclic amines) is 1. The van der Waals surface area contributed by atoms with Gasteiger partial charge in [-0.05, 0) is 30.5 Å². The molecular formula is C16H17Cl2NO3. The molecule has 4 nitrogen and oxygen atoms in total. The van der Waals surface area contributed by atoms with Gasteiger partial charge in [-0.15, -0.1) is 0 Å². The van der Waals surface area contributed by atoms with Crippen molar-refractivity contribution in [3.63, 3.8) is 0 Å². The molecule has 1 aliphatic heterocycles. The van der Waals surface area contributed by atoms with E-state index in [0.29, 0.717) is 41.5 Å². The number of hydrogen-bond donors (Lipinski definition) is 0. The Morgan fingerprint density at radius 3 is 2.59 bits per heavy atom. The molecule has 22 heavy (non-hydrogen) atoms. The first-order valence-corrected chi connectivity index (χ1v) is 7.77. The third-order valence-corrected chi connectivity index (χ3v) is 4.56. The Kier molecular flexibility index (Phi) is 5.86. The molecular weight excluding hydrogens is 325 g/mol. The van der Waals surface area contributed by atoms with Crippen molar-refractivity contribution in [1.82, 2.24) is 4.90 Å². The number of hydrogen-bond acceptors (Lipinski definition) is 3. The molecule has 1 aromatic carbocycles. The Hall–Kier alpha value is -1.52. The maximum absolute atomic E-state index is 12.2. The second-order valence-electron chi connectivity index (χ2n) is 5.10. The molecule has 6 heteroatoms. The summed E-state index contributed by atoms with van der Waals surface area (Å²) in [4.78, 5) is 25.3. The summed E-state index contributed by atoms with van der Waals surface area (Å²) in [5, 5.41) is 0.882. The fraction of sp³-hybridized carbons (Fsp3) is 0.375. The summed E-state index contributed by atoms with van der Waals surface area (Å²) in [5.74, 6) is -0.409. The van der Waals surface area contributed by atoms with Gasteiger partial charge in [-0.3, -0.25) is 9.59 Å². The molecule has 0 aromatic heterocycles. The number of halogens is 2. The van der Waals surface area contributed by atoms with Crippen molar-refractivity contribution < 1.29 is 14.3 Å². The summed E-state index contributed by atoms with van der Waals surface area (Å²) < 4.78 is 4.73. The second kappa shape index (κ2) is 7.65. The number of piperidine rings is 1. The van der Waals surface area contributed by atoms with Crippen molar-refractivity contribution in [1.29, 1.82) is 0 Å². The zero-order valence-corrected chi connectivity index (χ0v) is 13.7. The zero-order valence-electron chi connectivity index (χ0n) is 12.2. The predicted molar refractivity (Wildman–Crippen MR) is 86.8 cm³/mol. The highest BCUT2D eigenvalue weighted by atomic mass is 35.5. The van der Waals surface area contributed by atoms with Gasteiger partial charge in [0.2, 0.25) is 5.91 Å². The van der Waals surface area contributed by atoms with Crippen LogP contribution in [0.1, 0.15) is 18.4 Å². The van der Waals surface area contributed by atoms with Crippen molar-refractivity contribution in [2.24, 2.45) is 5.92 Å². The SMILES string of the molecule is COC(=O)C1CCN(C(=O)/C=C\c2cccc(Cl)c2Cl)CC1. The highest BCUT2D eigenvalue weighted by Crippen LogP contribution is 2.26. The molecule has 1 heterocycles. The van der Waals surface area contributed by atoms with Crippen LogP contribution < -0.4 is 0 Å². The van der Waals surface area contributed by atoms with Crippen molar-refractivity contribution in [3.05, 3.63) is 39.9 Å². The van der Waals surface area contributed by atoms with Gasteiger partial charge in [0.15, 0.2) is 0 Å². The zero-order chi connectivity index (χ0) is 16.1. The molecule has 0 saturated carbocycles. The minimum atomic E-state index is -0.201. The number of nitrogens with zero attached hydrogens (tertiary/aromatic N) is 1. The van der Waals surface area contributed by atoms with E-state index in [-0.39, 0.29) is 17.8 Å². The maximum atomic E-state index is 12.2. The van der Waals surface area contributed by atoms with Crippen LogP contribution in [0.5, 0.6) is 0 Å².